The van der Waals surface area contributed by atoms with Crippen molar-refractivity contribution in [3.8, 4) is 5.75 Å². The van der Waals surface area contributed by atoms with Gasteiger partial charge in [0.1, 0.15) is 18.4 Å². The summed E-state index contributed by atoms with van der Waals surface area (Å²) in [4.78, 5) is 13.7. The maximum absolute atomic E-state index is 13.7. The molecule has 0 spiro atoms. The molecule has 0 aliphatic carbocycles. The van der Waals surface area contributed by atoms with Crippen LogP contribution < -0.4 is 15.4 Å². The Morgan fingerprint density at radius 3 is 2.67 bits per heavy atom. The lowest BCUT2D eigenvalue weighted by Gasteiger charge is -2.29. The summed E-state index contributed by atoms with van der Waals surface area (Å²) in [6.07, 6.45) is 0. The molecule has 9 heteroatoms. The van der Waals surface area contributed by atoms with Crippen LogP contribution in [0, 0.1) is 13.8 Å². The Morgan fingerprint density at radius 2 is 1.86 bits per heavy atom. The van der Waals surface area contributed by atoms with Gasteiger partial charge >= 0.3 is 0 Å². The number of tetrazole rings is 1. The Morgan fingerprint density at radius 1 is 1.08 bits per heavy atom. The first kappa shape index (κ1) is 23.6. The van der Waals surface area contributed by atoms with Crippen LogP contribution in [0.1, 0.15) is 35.2 Å². The van der Waals surface area contributed by atoms with E-state index in [0.717, 1.165) is 27.9 Å². The van der Waals surface area contributed by atoms with Gasteiger partial charge in [0, 0.05) is 27.5 Å². The van der Waals surface area contributed by atoms with Gasteiger partial charge < -0.3 is 15.4 Å². The maximum atomic E-state index is 13.7. The van der Waals surface area contributed by atoms with Crippen molar-refractivity contribution in [2.45, 2.75) is 33.4 Å². The first-order valence-corrected chi connectivity index (χ1v) is 11.9. The van der Waals surface area contributed by atoms with Crippen molar-refractivity contribution in [2.75, 3.05) is 10.6 Å². The van der Waals surface area contributed by atoms with E-state index >= 15 is 0 Å². The highest BCUT2D eigenvalue weighted by Gasteiger charge is 2.35. The number of ether oxygens (including phenoxy) is 1. The second kappa shape index (κ2) is 9.83. The second-order valence-corrected chi connectivity index (χ2v) is 9.11. The van der Waals surface area contributed by atoms with Gasteiger partial charge in [0.25, 0.3) is 5.91 Å². The third-order valence-corrected chi connectivity index (χ3v) is 6.51. The van der Waals surface area contributed by atoms with Crippen molar-refractivity contribution in [2.24, 2.45) is 0 Å². The second-order valence-electron chi connectivity index (χ2n) is 8.70. The number of benzene rings is 3. The number of aromatic nitrogens is 4. The molecule has 0 radical (unpaired) electrons. The number of hydrogen-bond acceptors (Lipinski definition) is 6. The molecule has 0 saturated carbocycles. The molecule has 1 amide bonds. The number of anilines is 2. The van der Waals surface area contributed by atoms with E-state index in [1.54, 1.807) is 4.68 Å². The van der Waals surface area contributed by atoms with Crippen LogP contribution in [-0.4, -0.2) is 26.1 Å². The molecule has 0 saturated heterocycles. The van der Waals surface area contributed by atoms with Gasteiger partial charge in [-0.1, -0.05) is 70.8 Å². The molecular weight excluding hydrogens is 476 g/mol. The number of hydrogen-bond donors (Lipinski definition) is 2. The molecule has 8 nitrogen and oxygen atoms in total. The van der Waals surface area contributed by atoms with E-state index in [-0.39, 0.29) is 12.5 Å². The van der Waals surface area contributed by atoms with Gasteiger partial charge in [-0.05, 0) is 55.0 Å². The molecule has 1 unspecified atom stereocenters. The highest BCUT2D eigenvalue weighted by molar-refractivity contribution is 6.31. The predicted octanol–water partition coefficient (Wildman–Crippen LogP) is 5.45. The maximum Gasteiger partial charge on any atom is 0.255 e. The minimum atomic E-state index is -0.607. The molecular formula is C27H25ClN6O2. The summed E-state index contributed by atoms with van der Waals surface area (Å²) >= 11 is 6.34. The number of allylic oxidation sites excluding steroid dienone is 1. The number of fused-ring (bicyclic) bond motifs is 1. The fraction of sp³-hybridized carbons (Fsp3) is 0.185. The topological polar surface area (TPSA) is 94.0 Å². The lowest BCUT2D eigenvalue weighted by Crippen LogP contribution is -2.32. The number of para-hydroxylation sites is 1. The Balaban J connectivity index is 1.53. The number of carbonyl (C=O) groups excluding carboxylic acids is 1. The van der Waals surface area contributed by atoms with Crippen molar-refractivity contribution in [1.82, 2.24) is 20.2 Å². The standard InChI is InChI=1S/C27H25ClN6O2/c1-16-12-13-22(17(2)14-16)30-26(35)24-18(3)29-27-31-32-33-34(27)25(24)20-9-5-7-11-23(20)36-15-19-8-4-6-10-21(19)28/h4-14,25H,15H2,1-3H3,(H,30,35)(H,29,31,33). The number of rotatable bonds is 6. The fourth-order valence-electron chi connectivity index (χ4n) is 4.35. The van der Waals surface area contributed by atoms with Crippen molar-refractivity contribution in [3.05, 3.63) is 105 Å². The van der Waals surface area contributed by atoms with Gasteiger partial charge in [0.15, 0.2) is 0 Å². The van der Waals surface area contributed by atoms with Gasteiger partial charge in [-0.2, -0.15) is 4.68 Å². The van der Waals surface area contributed by atoms with Crippen LogP contribution in [0.25, 0.3) is 0 Å². The highest BCUT2D eigenvalue weighted by Crippen LogP contribution is 2.39. The van der Waals surface area contributed by atoms with Crippen molar-refractivity contribution < 1.29 is 9.53 Å². The van der Waals surface area contributed by atoms with Crippen LogP contribution in [0.4, 0.5) is 11.6 Å². The van der Waals surface area contributed by atoms with Gasteiger partial charge in [-0.15, -0.1) is 0 Å². The Kier molecular flexibility index (Phi) is 6.43. The average Bonchev–Trinajstić information content (AvgIpc) is 3.32. The molecule has 2 N–H and O–H groups in total. The predicted molar refractivity (Wildman–Crippen MR) is 139 cm³/mol. The normalized spacial score (nSPS) is 14.7. The number of aryl methyl sites for hydroxylation is 2. The minimum Gasteiger partial charge on any atom is -0.488 e. The molecule has 1 atom stereocenters. The summed E-state index contributed by atoms with van der Waals surface area (Å²) in [6.45, 7) is 6.11. The Hall–Kier alpha value is -4.17. The van der Waals surface area contributed by atoms with Gasteiger partial charge in [-0.25, -0.2) is 0 Å². The van der Waals surface area contributed by atoms with Gasteiger partial charge in [0.05, 0.1) is 5.57 Å². The molecule has 36 heavy (non-hydrogen) atoms. The van der Waals surface area contributed by atoms with Crippen LogP contribution in [0.3, 0.4) is 0 Å². The summed E-state index contributed by atoms with van der Waals surface area (Å²) < 4.78 is 7.82. The van der Waals surface area contributed by atoms with E-state index in [9.17, 15) is 4.79 Å². The molecule has 2 heterocycles. The Bertz CT molecular complexity index is 1480. The van der Waals surface area contributed by atoms with E-state index < -0.39 is 6.04 Å². The highest BCUT2D eigenvalue weighted by atomic mass is 35.5. The third kappa shape index (κ3) is 4.55. The number of nitrogens with zero attached hydrogens (tertiary/aromatic N) is 4. The van der Waals surface area contributed by atoms with E-state index in [4.69, 9.17) is 16.3 Å². The fourth-order valence-corrected chi connectivity index (χ4v) is 4.54. The largest absolute Gasteiger partial charge is 0.488 e. The zero-order valence-electron chi connectivity index (χ0n) is 20.1. The number of carbonyl (C=O) groups is 1. The van der Waals surface area contributed by atoms with Gasteiger partial charge in [0.2, 0.25) is 5.95 Å². The molecule has 4 aromatic rings. The summed E-state index contributed by atoms with van der Waals surface area (Å²) in [7, 11) is 0. The van der Waals surface area contributed by atoms with Gasteiger partial charge in [-0.3, -0.25) is 4.79 Å². The number of halogens is 1. The van der Waals surface area contributed by atoms with Crippen LogP contribution in [0.15, 0.2) is 78.0 Å². The van der Waals surface area contributed by atoms with E-state index in [0.29, 0.717) is 28.0 Å². The number of nitrogens with one attached hydrogen (secondary N) is 2. The van der Waals surface area contributed by atoms with Crippen LogP contribution in [0.5, 0.6) is 5.75 Å². The molecule has 182 valence electrons. The van der Waals surface area contributed by atoms with E-state index in [1.807, 2.05) is 87.5 Å². The molecule has 3 aromatic carbocycles. The Labute approximate surface area is 213 Å². The molecule has 1 aromatic heterocycles. The lowest BCUT2D eigenvalue weighted by molar-refractivity contribution is -0.113. The minimum absolute atomic E-state index is 0.251. The first-order chi connectivity index (χ1) is 17.4. The lowest BCUT2D eigenvalue weighted by atomic mass is 9.94. The van der Waals surface area contributed by atoms with Crippen molar-refractivity contribution in [1.29, 1.82) is 0 Å². The summed E-state index contributed by atoms with van der Waals surface area (Å²) in [6, 6.07) is 20.4. The quantitative estimate of drug-likeness (QED) is 0.365. The third-order valence-electron chi connectivity index (χ3n) is 6.14. The van der Waals surface area contributed by atoms with Crippen LogP contribution >= 0.6 is 11.6 Å². The summed E-state index contributed by atoms with van der Waals surface area (Å²) in [5, 5.41) is 19.0. The summed E-state index contributed by atoms with van der Waals surface area (Å²) in [5.41, 5.74) is 5.62. The SMILES string of the molecule is CC1=C(C(=O)Nc2ccc(C)cc2C)C(c2ccccc2OCc2ccccc2Cl)n2nnnc2N1. The monoisotopic (exact) mass is 500 g/mol. The smallest absolute Gasteiger partial charge is 0.255 e. The molecule has 5 rings (SSSR count). The van der Waals surface area contributed by atoms with Crippen molar-refractivity contribution >= 4 is 29.1 Å². The average molecular weight is 501 g/mol. The van der Waals surface area contributed by atoms with E-state index in [2.05, 4.69) is 26.2 Å². The number of amides is 1. The van der Waals surface area contributed by atoms with Crippen LogP contribution in [0.2, 0.25) is 5.02 Å². The zero-order chi connectivity index (χ0) is 25.2. The molecule has 1 aliphatic rings. The molecule has 0 fully saturated rings. The summed E-state index contributed by atoms with van der Waals surface area (Å²) in [5.74, 6) is 0.802. The van der Waals surface area contributed by atoms with Crippen LogP contribution in [-0.2, 0) is 11.4 Å². The zero-order valence-corrected chi connectivity index (χ0v) is 20.9. The van der Waals surface area contributed by atoms with Crippen molar-refractivity contribution in [3.63, 3.8) is 0 Å². The molecule has 1 aliphatic heterocycles. The molecule has 0 bridgehead atoms. The first-order valence-electron chi connectivity index (χ1n) is 11.5. The van der Waals surface area contributed by atoms with E-state index in [1.165, 1.54) is 0 Å².